The maximum Gasteiger partial charge on any atom is 0.264 e. The van der Waals surface area contributed by atoms with E-state index in [0.29, 0.717) is 5.39 Å². The van der Waals surface area contributed by atoms with Crippen LogP contribution >= 0.6 is 0 Å². The van der Waals surface area contributed by atoms with Gasteiger partial charge < -0.3 is 0 Å². The first-order valence-corrected chi connectivity index (χ1v) is 12.7. The summed E-state index contributed by atoms with van der Waals surface area (Å²) in [6.45, 7) is 0. The van der Waals surface area contributed by atoms with Crippen LogP contribution in [0.5, 0.6) is 0 Å². The second-order valence-corrected chi connectivity index (χ2v) is 9.61. The van der Waals surface area contributed by atoms with Crippen LogP contribution in [0.25, 0.3) is 66.1 Å². The van der Waals surface area contributed by atoms with E-state index in [9.17, 15) is 4.79 Å². The number of benzene rings is 5. The second kappa shape index (κ2) is 7.89. The molecule has 38 heavy (non-hydrogen) atoms. The molecule has 178 valence electrons. The highest BCUT2D eigenvalue weighted by Crippen LogP contribution is 2.36. The molecule has 0 fully saturated rings. The molecule has 0 amide bonds. The molecule has 0 aliphatic carbocycles. The predicted molar refractivity (Wildman–Crippen MR) is 156 cm³/mol. The van der Waals surface area contributed by atoms with Gasteiger partial charge in [-0.2, -0.15) is 0 Å². The van der Waals surface area contributed by atoms with Gasteiger partial charge in [-0.15, -0.1) is 0 Å². The lowest BCUT2D eigenvalue weighted by Crippen LogP contribution is -2.21. The van der Waals surface area contributed by atoms with Crippen LogP contribution in [0.3, 0.4) is 0 Å². The zero-order valence-electron chi connectivity index (χ0n) is 20.4. The van der Waals surface area contributed by atoms with Crippen LogP contribution < -0.4 is 5.56 Å². The Kier molecular flexibility index (Phi) is 4.34. The number of hydrogen-bond acceptors (Lipinski definition) is 2. The normalized spacial score (nSPS) is 11.8. The summed E-state index contributed by atoms with van der Waals surface area (Å²) in [7, 11) is 0. The highest BCUT2D eigenvalue weighted by Gasteiger charge is 2.21. The lowest BCUT2D eigenvalue weighted by atomic mass is 10.0. The van der Waals surface area contributed by atoms with E-state index < -0.39 is 0 Å². The smallest absolute Gasteiger partial charge is 0.264 e. The van der Waals surface area contributed by atoms with Crippen LogP contribution in [0.15, 0.2) is 132 Å². The Hall–Kier alpha value is -5.22. The quantitative estimate of drug-likeness (QED) is 0.234. The molecule has 0 N–H and O–H groups in total. The molecule has 0 saturated heterocycles. The minimum absolute atomic E-state index is 0.0485. The molecule has 4 nitrogen and oxygen atoms in total. The first kappa shape index (κ1) is 20.9. The standard InChI is InChI=1S/C34H21N3O/c38-34-28-18-7-5-16-26(28)31-25-15-4-6-17-27(25)32-35-29-19-8-9-20-30(29)37(32)33(31)36(34)24-14-10-13-23(21-24)22-11-2-1-3-12-22/h1-21H. The van der Waals surface area contributed by atoms with Crippen molar-refractivity contribution in [3.63, 3.8) is 0 Å². The Bertz CT molecular complexity index is 2260. The van der Waals surface area contributed by atoms with E-state index in [-0.39, 0.29) is 5.56 Å². The minimum atomic E-state index is -0.0485. The number of fused-ring (bicyclic) bond motifs is 10. The number of aromatic nitrogens is 3. The van der Waals surface area contributed by atoms with Crippen LogP contribution in [0.1, 0.15) is 0 Å². The van der Waals surface area contributed by atoms with Gasteiger partial charge in [-0.3, -0.25) is 13.8 Å². The van der Waals surface area contributed by atoms with Crippen LogP contribution in [-0.2, 0) is 0 Å². The van der Waals surface area contributed by atoms with Crippen molar-refractivity contribution in [2.24, 2.45) is 0 Å². The summed E-state index contributed by atoms with van der Waals surface area (Å²) in [6, 6.07) is 42.9. The third-order valence-electron chi connectivity index (χ3n) is 7.49. The van der Waals surface area contributed by atoms with Gasteiger partial charge in [-0.25, -0.2) is 4.98 Å². The van der Waals surface area contributed by atoms with Crippen LogP contribution in [0.4, 0.5) is 0 Å². The number of pyridine rings is 2. The third kappa shape index (κ3) is 2.86. The third-order valence-corrected chi connectivity index (χ3v) is 7.49. The van der Waals surface area contributed by atoms with Crippen molar-refractivity contribution in [3.8, 4) is 16.8 Å². The van der Waals surface area contributed by atoms with Crippen molar-refractivity contribution >= 4 is 49.3 Å². The van der Waals surface area contributed by atoms with Crippen molar-refractivity contribution < 1.29 is 0 Å². The summed E-state index contributed by atoms with van der Waals surface area (Å²) in [5.74, 6) is 0. The summed E-state index contributed by atoms with van der Waals surface area (Å²) < 4.78 is 4.04. The molecule has 0 atom stereocenters. The number of nitrogens with zero attached hydrogens (tertiary/aromatic N) is 3. The average molecular weight is 488 g/mol. The topological polar surface area (TPSA) is 39.3 Å². The Labute approximate surface area is 217 Å². The van der Waals surface area contributed by atoms with Gasteiger partial charge in [0, 0.05) is 16.2 Å². The SMILES string of the molecule is O=c1c2ccccc2c2c3ccccc3c3nc4ccccc4n3c2n1-c1cccc(-c2ccccc2)c1. The molecule has 0 spiro atoms. The molecule has 0 aliphatic rings. The Morgan fingerprint density at radius 2 is 1.18 bits per heavy atom. The zero-order chi connectivity index (χ0) is 25.2. The van der Waals surface area contributed by atoms with E-state index in [0.717, 1.165) is 60.7 Å². The van der Waals surface area contributed by atoms with Crippen molar-refractivity contribution in [3.05, 3.63) is 138 Å². The number of imidazole rings is 1. The molecule has 0 bridgehead atoms. The average Bonchev–Trinajstić information content (AvgIpc) is 3.38. The van der Waals surface area contributed by atoms with Crippen molar-refractivity contribution in [2.75, 3.05) is 0 Å². The van der Waals surface area contributed by atoms with E-state index in [2.05, 4.69) is 65.1 Å². The van der Waals surface area contributed by atoms with E-state index in [1.807, 2.05) is 71.3 Å². The molecule has 3 aromatic heterocycles. The van der Waals surface area contributed by atoms with Gasteiger partial charge >= 0.3 is 0 Å². The van der Waals surface area contributed by atoms with E-state index >= 15 is 0 Å². The van der Waals surface area contributed by atoms with Gasteiger partial charge in [0.25, 0.3) is 5.56 Å². The second-order valence-electron chi connectivity index (χ2n) is 9.61. The van der Waals surface area contributed by atoms with Crippen molar-refractivity contribution in [2.45, 2.75) is 0 Å². The fraction of sp³-hybridized carbons (Fsp3) is 0. The molecule has 8 aromatic rings. The molecule has 5 aromatic carbocycles. The highest BCUT2D eigenvalue weighted by atomic mass is 16.1. The summed E-state index contributed by atoms with van der Waals surface area (Å²) in [6.07, 6.45) is 0. The van der Waals surface area contributed by atoms with Gasteiger partial charge in [0.2, 0.25) is 0 Å². The molecule has 0 radical (unpaired) electrons. The maximum atomic E-state index is 14.4. The first-order valence-electron chi connectivity index (χ1n) is 12.7. The molecule has 3 heterocycles. The summed E-state index contributed by atoms with van der Waals surface area (Å²) in [5.41, 5.74) is 6.48. The largest absolute Gasteiger partial charge is 0.277 e. The van der Waals surface area contributed by atoms with Gasteiger partial charge in [0.05, 0.1) is 16.7 Å². The Morgan fingerprint density at radius 3 is 2.00 bits per heavy atom. The summed E-state index contributed by atoms with van der Waals surface area (Å²) in [5, 5.41) is 4.81. The van der Waals surface area contributed by atoms with Gasteiger partial charge in [0.1, 0.15) is 11.3 Å². The Balaban J connectivity index is 1.66. The lowest BCUT2D eigenvalue weighted by Gasteiger charge is -2.18. The molecule has 0 saturated carbocycles. The van der Waals surface area contributed by atoms with Gasteiger partial charge in [-0.05, 0) is 52.2 Å². The van der Waals surface area contributed by atoms with E-state index in [4.69, 9.17) is 4.98 Å². The van der Waals surface area contributed by atoms with E-state index in [1.165, 1.54) is 0 Å². The first-order chi connectivity index (χ1) is 18.8. The molecular weight excluding hydrogens is 466 g/mol. The van der Waals surface area contributed by atoms with Crippen LogP contribution in [-0.4, -0.2) is 14.0 Å². The fourth-order valence-corrected chi connectivity index (χ4v) is 5.83. The fourth-order valence-electron chi connectivity index (χ4n) is 5.83. The number of hydrogen-bond donors (Lipinski definition) is 0. The van der Waals surface area contributed by atoms with Gasteiger partial charge in [-0.1, -0.05) is 97.1 Å². The molecular formula is C34H21N3O. The maximum absolute atomic E-state index is 14.4. The Morgan fingerprint density at radius 1 is 0.553 bits per heavy atom. The minimum Gasteiger partial charge on any atom is -0.277 e. The van der Waals surface area contributed by atoms with Crippen molar-refractivity contribution in [1.82, 2.24) is 14.0 Å². The molecule has 4 heteroatoms. The van der Waals surface area contributed by atoms with Crippen LogP contribution in [0.2, 0.25) is 0 Å². The van der Waals surface area contributed by atoms with Gasteiger partial charge in [0.15, 0.2) is 0 Å². The van der Waals surface area contributed by atoms with E-state index in [1.54, 1.807) is 0 Å². The molecule has 0 unspecified atom stereocenters. The summed E-state index contributed by atoms with van der Waals surface area (Å²) in [4.78, 5) is 19.4. The highest BCUT2D eigenvalue weighted by molar-refractivity contribution is 6.22. The zero-order valence-corrected chi connectivity index (χ0v) is 20.4. The monoisotopic (exact) mass is 487 g/mol. The summed E-state index contributed by atoms with van der Waals surface area (Å²) >= 11 is 0. The molecule has 0 aliphatic heterocycles. The molecule has 8 rings (SSSR count). The lowest BCUT2D eigenvalue weighted by molar-refractivity contribution is 1.02. The number of para-hydroxylation sites is 2. The van der Waals surface area contributed by atoms with Crippen molar-refractivity contribution in [1.29, 1.82) is 0 Å². The predicted octanol–water partition coefficient (Wildman–Crippen LogP) is 7.77. The van der Waals surface area contributed by atoms with Crippen LogP contribution in [0, 0.1) is 0 Å². The number of rotatable bonds is 2.